The molecule has 1 aromatic rings. The van der Waals surface area contributed by atoms with Crippen LogP contribution in [0.4, 0.5) is 0 Å². The standard InChI is InChI=1S/C12H12BrNO2/c13-11-4-5-12(10(8-11)9-15)16-7-3-1-2-6-14/h4-5,8-9H,1-3,7H2. The highest BCUT2D eigenvalue weighted by Crippen LogP contribution is 2.21. The second kappa shape index (κ2) is 7.02. The van der Waals surface area contributed by atoms with Crippen LogP contribution in [0.5, 0.6) is 5.75 Å². The lowest BCUT2D eigenvalue weighted by molar-refractivity contribution is 0.111. The number of benzene rings is 1. The highest BCUT2D eigenvalue weighted by atomic mass is 79.9. The largest absolute Gasteiger partial charge is 0.493 e. The molecule has 0 unspecified atom stereocenters. The van der Waals surface area contributed by atoms with Gasteiger partial charge in [0.25, 0.3) is 0 Å². The van der Waals surface area contributed by atoms with Crippen LogP contribution < -0.4 is 4.74 Å². The van der Waals surface area contributed by atoms with Gasteiger partial charge in [-0.2, -0.15) is 5.26 Å². The quantitative estimate of drug-likeness (QED) is 0.594. The first-order chi connectivity index (χ1) is 7.77. The summed E-state index contributed by atoms with van der Waals surface area (Å²) in [6, 6.07) is 7.39. The van der Waals surface area contributed by atoms with Gasteiger partial charge in [-0.15, -0.1) is 0 Å². The summed E-state index contributed by atoms with van der Waals surface area (Å²) in [7, 11) is 0. The minimum Gasteiger partial charge on any atom is -0.493 e. The molecular formula is C12H12BrNO2. The lowest BCUT2D eigenvalue weighted by Crippen LogP contribution is -1.99. The Hall–Kier alpha value is -1.34. The number of hydrogen-bond donors (Lipinski definition) is 0. The van der Waals surface area contributed by atoms with E-state index in [1.165, 1.54) is 0 Å². The maximum Gasteiger partial charge on any atom is 0.153 e. The van der Waals surface area contributed by atoms with Gasteiger partial charge < -0.3 is 4.74 Å². The Labute approximate surface area is 103 Å². The number of nitrogens with zero attached hydrogens (tertiary/aromatic N) is 1. The van der Waals surface area contributed by atoms with E-state index in [9.17, 15) is 4.79 Å². The topological polar surface area (TPSA) is 50.1 Å². The first kappa shape index (κ1) is 12.7. The molecule has 0 aliphatic carbocycles. The Morgan fingerprint density at radius 2 is 2.25 bits per heavy atom. The number of unbranched alkanes of at least 4 members (excludes halogenated alkanes) is 2. The van der Waals surface area contributed by atoms with E-state index in [4.69, 9.17) is 10.00 Å². The predicted octanol–water partition coefficient (Wildman–Crippen LogP) is 3.33. The van der Waals surface area contributed by atoms with Gasteiger partial charge in [0, 0.05) is 10.9 Å². The molecule has 4 heteroatoms. The van der Waals surface area contributed by atoms with Gasteiger partial charge in [-0.3, -0.25) is 4.79 Å². The predicted molar refractivity (Wildman–Crippen MR) is 64.5 cm³/mol. The van der Waals surface area contributed by atoms with Gasteiger partial charge in [-0.05, 0) is 31.0 Å². The normalized spacial score (nSPS) is 9.50. The van der Waals surface area contributed by atoms with Crippen LogP contribution in [0, 0.1) is 11.3 Å². The lowest BCUT2D eigenvalue weighted by atomic mass is 10.2. The highest BCUT2D eigenvalue weighted by Gasteiger charge is 2.03. The number of nitriles is 1. The summed E-state index contributed by atoms with van der Waals surface area (Å²) in [5, 5.41) is 8.35. The van der Waals surface area contributed by atoms with Gasteiger partial charge in [0.1, 0.15) is 5.75 Å². The molecule has 0 radical (unpaired) electrons. The lowest BCUT2D eigenvalue weighted by Gasteiger charge is -2.07. The van der Waals surface area contributed by atoms with E-state index in [0.29, 0.717) is 24.3 Å². The van der Waals surface area contributed by atoms with Crippen LogP contribution in [0.3, 0.4) is 0 Å². The maximum atomic E-state index is 10.8. The molecule has 16 heavy (non-hydrogen) atoms. The summed E-state index contributed by atoms with van der Waals surface area (Å²) < 4.78 is 6.32. The molecule has 0 saturated carbocycles. The minimum atomic E-state index is 0.532. The molecule has 0 aliphatic heterocycles. The molecule has 0 saturated heterocycles. The zero-order valence-corrected chi connectivity index (χ0v) is 10.4. The first-order valence-corrected chi connectivity index (χ1v) is 5.81. The third-order valence-corrected chi connectivity index (χ3v) is 2.53. The van der Waals surface area contributed by atoms with Crippen molar-refractivity contribution in [1.29, 1.82) is 5.26 Å². The number of aldehydes is 1. The Morgan fingerprint density at radius 3 is 2.94 bits per heavy atom. The molecule has 3 nitrogen and oxygen atoms in total. The zero-order chi connectivity index (χ0) is 11.8. The van der Waals surface area contributed by atoms with Crippen LogP contribution in [0.1, 0.15) is 29.6 Å². The number of carbonyl (C=O) groups excluding carboxylic acids is 1. The third kappa shape index (κ3) is 4.03. The minimum absolute atomic E-state index is 0.532. The van der Waals surface area contributed by atoms with E-state index in [1.54, 1.807) is 12.1 Å². The monoisotopic (exact) mass is 281 g/mol. The van der Waals surface area contributed by atoms with Crippen molar-refractivity contribution in [3.8, 4) is 11.8 Å². The number of carbonyl (C=O) groups is 1. The molecule has 0 fully saturated rings. The molecule has 0 spiro atoms. The van der Waals surface area contributed by atoms with Crippen LogP contribution in [0.2, 0.25) is 0 Å². The van der Waals surface area contributed by atoms with E-state index in [1.807, 2.05) is 6.07 Å². The SMILES string of the molecule is N#CCCCCOc1ccc(Br)cc1C=O. The van der Waals surface area contributed by atoms with Gasteiger partial charge in [-0.1, -0.05) is 15.9 Å². The Morgan fingerprint density at radius 1 is 1.44 bits per heavy atom. The molecule has 1 rings (SSSR count). The number of ether oxygens (including phenoxy) is 1. The summed E-state index contributed by atoms with van der Waals surface area (Å²) in [4.78, 5) is 10.8. The van der Waals surface area contributed by atoms with Crippen LogP contribution in [-0.4, -0.2) is 12.9 Å². The van der Waals surface area contributed by atoms with Crippen molar-refractivity contribution < 1.29 is 9.53 Å². The fourth-order valence-corrected chi connectivity index (χ4v) is 1.61. The second-order valence-corrected chi connectivity index (χ2v) is 4.18. The van der Waals surface area contributed by atoms with Gasteiger partial charge in [-0.25, -0.2) is 0 Å². The Kier molecular flexibility index (Phi) is 5.58. The van der Waals surface area contributed by atoms with E-state index in [0.717, 1.165) is 23.6 Å². The maximum absolute atomic E-state index is 10.8. The molecular weight excluding hydrogens is 270 g/mol. The summed E-state index contributed by atoms with van der Waals surface area (Å²) in [5.41, 5.74) is 0.537. The van der Waals surface area contributed by atoms with Crippen molar-refractivity contribution in [3.05, 3.63) is 28.2 Å². The van der Waals surface area contributed by atoms with Gasteiger partial charge in [0.15, 0.2) is 6.29 Å². The molecule has 0 aromatic heterocycles. The van der Waals surface area contributed by atoms with Gasteiger partial charge in [0.2, 0.25) is 0 Å². The summed E-state index contributed by atoms with van der Waals surface area (Å²) in [6.45, 7) is 0.532. The average molecular weight is 282 g/mol. The Bertz CT molecular complexity index is 398. The number of halogens is 1. The fourth-order valence-electron chi connectivity index (χ4n) is 1.23. The summed E-state index contributed by atoms with van der Waals surface area (Å²) in [5.74, 6) is 0.593. The van der Waals surface area contributed by atoms with Crippen LogP contribution in [0.25, 0.3) is 0 Å². The van der Waals surface area contributed by atoms with Crippen LogP contribution >= 0.6 is 15.9 Å². The van der Waals surface area contributed by atoms with Crippen molar-refractivity contribution in [1.82, 2.24) is 0 Å². The van der Waals surface area contributed by atoms with E-state index in [-0.39, 0.29) is 0 Å². The third-order valence-electron chi connectivity index (χ3n) is 2.04. The molecule has 1 aromatic carbocycles. The highest BCUT2D eigenvalue weighted by molar-refractivity contribution is 9.10. The van der Waals surface area contributed by atoms with E-state index in [2.05, 4.69) is 22.0 Å². The molecule has 0 amide bonds. The zero-order valence-electron chi connectivity index (χ0n) is 8.78. The van der Waals surface area contributed by atoms with Crippen LogP contribution in [-0.2, 0) is 0 Å². The fraction of sp³-hybridized carbons (Fsp3) is 0.333. The van der Waals surface area contributed by atoms with Gasteiger partial charge in [0.05, 0.1) is 18.2 Å². The number of rotatable bonds is 6. The van der Waals surface area contributed by atoms with Crippen LogP contribution in [0.15, 0.2) is 22.7 Å². The Balaban J connectivity index is 2.47. The molecule has 0 N–H and O–H groups in total. The first-order valence-electron chi connectivity index (χ1n) is 5.02. The van der Waals surface area contributed by atoms with Crippen molar-refractivity contribution in [3.63, 3.8) is 0 Å². The van der Waals surface area contributed by atoms with E-state index < -0.39 is 0 Å². The molecule has 84 valence electrons. The second-order valence-electron chi connectivity index (χ2n) is 3.26. The summed E-state index contributed by atoms with van der Waals surface area (Å²) in [6.07, 6.45) is 2.96. The van der Waals surface area contributed by atoms with Crippen molar-refractivity contribution >= 4 is 22.2 Å². The smallest absolute Gasteiger partial charge is 0.153 e. The average Bonchev–Trinajstić information content (AvgIpc) is 2.30. The van der Waals surface area contributed by atoms with E-state index >= 15 is 0 Å². The van der Waals surface area contributed by atoms with Gasteiger partial charge >= 0.3 is 0 Å². The van der Waals surface area contributed by atoms with Crippen molar-refractivity contribution in [2.75, 3.05) is 6.61 Å². The molecule has 0 heterocycles. The molecule has 0 aliphatic rings. The van der Waals surface area contributed by atoms with Crippen molar-refractivity contribution in [2.45, 2.75) is 19.3 Å². The van der Waals surface area contributed by atoms with Crippen molar-refractivity contribution in [2.24, 2.45) is 0 Å². The molecule has 0 bridgehead atoms. The number of hydrogen-bond acceptors (Lipinski definition) is 3. The summed E-state index contributed by atoms with van der Waals surface area (Å²) >= 11 is 3.29. The molecule has 0 atom stereocenters.